The largest absolute Gasteiger partial charge is 0.465 e. The lowest BCUT2D eigenvalue weighted by Crippen LogP contribution is -2.44. The Morgan fingerprint density at radius 2 is 2.12 bits per heavy atom. The van der Waals surface area contributed by atoms with Gasteiger partial charge in [0.2, 0.25) is 5.91 Å². The molecule has 6 nitrogen and oxygen atoms in total. The van der Waals surface area contributed by atoms with Gasteiger partial charge in [0.15, 0.2) is 0 Å². The summed E-state index contributed by atoms with van der Waals surface area (Å²) < 4.78 is 17.5. The highest BCUT2D eigenvalue weighted by Crippen LogP contribution is 2.37. The Bertz CT molecular complexity index is 561. The third kappa shape index (κ3) is 4.18. The molecular weight excluding hydrogens is 308 g/mol. The number of nitrogens with zero attached hydrogens (tertiary/aromatic N) is 2. The molecule has 2 aliphatic rings. The van der Waals surface area contributed by atoms with Crippen molar-refractivity contribution in [2.45, 2.75) is 44.4 Å². The van der Waals surface area contributed by atoms with Crippen molar-refractivity contribution in [3.05, 3.63) is 23.7 Å². The van der Waals surface area contributed by atoms with Gasteiger partial charge in [0, 0.05) is 33.6 Å². The van der Waals surface area contributed by atoms with E-state index in [4.69, 9.17) is 13.9 Å². The van der Waals surface area contributed by atoms with E-state index in [2.05, 4.69) is 11.0 Å². The number of hydrogen-bond acceptors (Lipinski definition) is 5. The van der Waals surface area contributed by atoms with E-state index in [0.29, 0.717) is 6.61 Å². The van der Waals surface area contributed by atoms with Crippen molar-refractivity contribution in [1.82, 2.24) is 9.80 Å². The molecular formula is C18H28N2O4. The number of likely N-dealkylation sites (N-methyl/N-ethyl adjacent to an activating group) is 1. The number of amides is 1. The summed E-state index contributed by atoms with van der Waals surface area (Å²) in [6.45, 7) is 5.58. The van der Waals surface area contributed by atoms with Crippen LogP contribution >= 0.6 is 0 Å². The summed E-state index contributed by atoms with van der Waals surface area (Å²) in [5.41, 5.74) is -0.0680. The van der Waals surface area contributed by atoms with Gasteiger partial charge in [-0.25, -0.2) is 0 Å². The van der Waals surface area contributed by atoms with Gasteiger partial charge >= 0.3 is 0 Å². The van der Waals surface area contributed by atoms with Gasteiger partial charge in [-0.05, 0) is 31.9 Å². The van der Waals surface area contributed by atoms with Crippen molar-refractivity contribution < 1.29 is 18.7 Å². The highest BCUT2D eigenvalue weighted by atomic mass is 16.6. The monoisotopic (exact) mass is 336 g/mol. The summed E-state index contributed by atoms with van der Waals surface area (Å²) in [6, 6.07) is 4.06. The molecule has 1 unspecified atom stereocenters. The number of furan rings is 1. The molecule has 0 saturated carbocycles. The van der Waals surface area contributed by atoms with Crippen LogP contribution in [0.3, 0.4) is 0 Å². The van der Waals surface area contributed by atoms with Crippen LogP contribution in [0.2, 0.25) is 0 Å². The standard InChI is InChI=1S/C18H28N2O4/c1-14-4-5-15(24-14)11-20-8-6-18(7-9-20)10-16(12-23-18)22-13-17(21)19(2)3/h4-5,16H,6-13H2,1-3H3. The number of rotatable bonds is 5. The predicted molar refractivity (Wildman–Crippen MR) is 89.7 cm³/mol. The molecule has 1 spiro atoms. The minimum absolute atomic E-state index is 0.000453. The molecule has 0 bridgehead atoms. The fourth-order valence-corrected chi connectivity index (χ4v) is 3.49. The molecule has 1 aromatic rings. The lowest BCUT2D eigenvalue weighted by molar-refractivity contribution is -0.135. The molecule has 2 fully saturated rings. The maximum Gasteiger partial charge on any atom is 0.248 e. The number of likely N-dealkylation sites (tertiary alicyclic amines) is 1. The predicted octanol–water partition coefficient (Wildman–Crippen LogP) is 1.82. The first-order valence-electron chi connectivity index (χ1n) is 8.69. The molecule has 2 aliphatic heterocycles. The van der Waals surface area contributed by atoms with Crippen molar-refractivity contribution in [1.29, 1.82) is 0 Å². The smallest absolute Gasteiger partial charge is 0.248 e. The van der Waals surface area contributed by atoms with Crippen molar-refractivity contribution in [2.75, 3.05) is 40.4 Å². The molecule has 1 amide bonds. The number of aryl methyl sites for hydroxylation is 1. The van der Waals surface area contributed by atoms with E-state index < -0.39 is 0 Å². The van der Waals surface area contributed by atoms with Gasteiger partial charge in [0.1, 0.15) is 18.1 Å². The van der Waals surface area contributed by atoms with E-state index in [-0.39, 0.29) is 24.2 Å². The van der Waals surface area contributed by atoms with E-state index in [0.717, 1.165) is 50.4 Å². The van der Waals surface area contributed by atoms with Gasteiger partial charge < -0.3 is 18.8 Å². The van der Waals surface area contributed by atoms with Crippen molar-refractivity contribution >= 4 is 5.91 Å². The third-order valence-electron chi connectivity index (χ3n) is 5.06. The zero-order chi connectivity index (χ0) is 17.2. The van der Waals surface area contributed by atoms with Crippen LogP contribution in [-0.4, -0.2) is 67.8 Å². The lowest BCUT2D eigenvalue weighted by atomic mass is 9.88. The van der Waals surface area contributed by atoms with Gasteiger partial charge in [-0.2, -0.15) is 0 Å². The summed E-state index contributed by atoms with van der Waals surface area (Å²) in [5.74, 6) is 1.99. The Morgan fingerprint density at radius 3 is 2.75 bits per heavy atom. The molecule has 2 saturated heterocycles. The van der Waals surface area contributed by atoms with Crippen LogP contribution in [0.15, 0.2) is 16.5 Å². The van der Waals surface area contributed by atoms with E-state index >= 15 is 0 Å². The quantitative estimate of drug-likeness (QED) is 0.821. The maximum atomic E-state index is 11.6. The molecule has 1 atom stereocenters. The molecule has 3 rings (SSSR count). The number of ether oxygens (including phenoxy) is 2. The van der Waals surface area contributed by atoms with Gasteiger partial charge in [-0.1, -0.05) is 0 Å². The Morgan fingerprint density at radius 1 is 1.38 bits per heavy atom. The highest BCUT2D eigenvalue weighted by molar-refractivity contribution is 5.76. The van der Waals surface area contributed by atoms with Crippen molar-refractivity contribution in [3.8, 4) is 0 Å². The number of carbonyl (C=O) groups excluding carboxylic acids is 1. The molecule has 24 heavy (non-hydrogen) atoms. The summed E-state index contributed by atoms with van der Waals surface area (Å²) in [7, 11) is 3.49. The molecule has 3 heterocycles. The van der Waals surface area contributed by atoms with Crippen LogP contribution in [0.25, 0.3) is 0 Å². The molecule has 0 aromatic carbocycles. The minimum Gasteiger partial charge on any atom is -0.465 e. The number of piperidine rings is 1. The zero-order valence-electron chi connectivity index (χ0n) is 14.9. The SMILES string of the molecule is Cc1ccc(CN2CCC3(CC2)CC(OCC(=O)N(C)C)CO3)o1. The van der Waals surface area contributed by atoms with Crippen LogP contribution in [0.5, 0.6) is 0 Å². The van der Waals surface area contributed by atoms with E-state index in [1.54, 1.807) is 19.0 Å². The molecule has 0 aliphatic carbocycles. The second-order valence-corrected chi connectivity index (χ2v) is 7.21. The minimum atomic E-state index is -0.0680. The normalized spacial score (nSPS) is 23.7. The van der Waals surface area contributed by atoms with Crippen molar-refractivity contribution in [2.24, 2.45) is 0 Å². The van der Waals surface area contributed by atoms with Crippen LogP contribution in [0.1, 0.15) is 30.8 Å². The fourth-order valence-electron chi connectivity index (χ4n) is 3.49. The first-order chi connectivity index (χ1) is 11.5. The lowest BCUT2D eigenvalue weighted by Gasteiger charge is -2.38. The maximum absolute atomic E-state index is 11.6. The third-order valence-corrected chi connectivity index (χ3v) is 5.06. The summed E-state index contributed by atoms with van der Waals surface area (Å²) in [6.07, 6.45) is 2.94. The van der Waals surface area contributed by atoms with E-state index in [1.807, 2.05) is 13.0 Å². The molecule has 134 valence electrons. The Kier molecular flexibility index (Phi) is 5.27. The molecule has 1 aromatic heterocycles. The second-order valence-electron chi connectivity index (χ2n) is 7.21. The van der Waals surface area contributed by atoms with Gasteiger partial charge in [-0.3, -0.25) is 9.69 Å². The molecule has 0 radical (unpaired) electrons. The summed E-state index contributed by atoms with van der Waals surface area (Å²) in [4.78, 5) is 15.6. The van der Waals surface area contributed by atoms with Gasteiger partial charge in [-0.15, -0.1) is 0 Å². The van der Waals surface area contributed by atoms with Crippen LogP contribution in [0, 0.1) is 6.92 Å². The van der Waals surface area contributed by atoms with Crippen LogP contribution in [0.4, 0.5) is 0 Å². The number of hydrogen-bond donors (Lipinski definition) is 0. The topological polar surface area (TPSA) is 55.2 Å². The molecule has 0 N–H and O–H groups in total. The fraction of sp³-hybridized carbons (Fsp3) is 0.722. The van der Waals surface area contributed by atoms with Crippen LogP contribution in [-0.2, 0) is 20.8 Å². The summed E-state index contributed by atoms with van der Waals surface area (Å²) in [5, 5.41) is 0. The second kappa shape index (κ2) is 7.25. The van der Waals surface area contributed by atoms with Gasteiger partial charge in [0.05, 0.1) is 24.9 Å². The number of carbonyl (C=O) groups is 1. The van der Waals surface area contributed by atoms with E-state index in [9.17, 15) is 4.79 Å². The first kappa shape index (κ1) is 17.5. The van der Waals surface area contributed by atoms with Gasteiger partial charge in [0.25, 0.3) is 0 Å². The average molecular weight is 336 g/mol. The highest BCUT2D eigenvalue weighted by Gasteiger charge is 2.43. The summed E-state index contributed by atoms with van der Waals surface area (Å²) >= 11 is 0. The van der Waals surface area contributed by atoms with E-state index in [1.165, 1.54) is 0 Å². The Hall–Kier alpha value is -1.37. The zero-order valence-corrected chi connectivity index (χ0v) is 14.9. The molecule has 6 heteroatoms. The average Bonchev–Trinajstić information content (AvgIpc) is 3.14. The van der Waals surface area contributed by atoms with Crippen LogP contribution < -0.4 is 0 Å². The van der Waals surface area contributed by atoms with Crippen molar-refractivity contribution in [3.63, 3.8) is 0 Å². The first-order valence-corrected chi connectivity index (χ1v) is 8.69. The Balaban J connectivity index is 1.43. The Labute approximate surface area is 143 Å².